The molecule has 3 rings (SSSR count). The number of carbonyl (C=O) groups excluding carboxylic acids is 1. The molecular weight excluding hydrogens is 224 g/mol. The van der Waals surface area contributed by atoms with Crippen molar-refractivity contribution in [2.24, 2.45) is 7.05 Å². The number of amides is 1. The molecule has 0 spiro atoms. The van der Waals surface area contributed by atoms with Crippen molar-refractivity contribution in [3.8, 4) is 0 Å². The highest BCUT2D eigenvalue weighted by Crippen LogP contribution is 2.09. The Bertz CT molecular complexity index is 415. The summed E-state index contributed by atoms with van der Waals surface area (Å²) in [7, 11) is 2.03. The number of carbonyl (C=O) groups is 1. The molecule has 2 aliphatic heterocycles. The van der Waals surface area contributed by atoms with Crippen LogP contribution in [0.1, 0.15) is 54.6 Å². The van der Waals surface area contributed by atoms with Crippen molar-refractivity contribution in [1.82, 2.24) is 5.32 Å². The summed E-state index contributed by atoms with van der Waals surface area (Å²) in [5, 5.41) is 2.99. The lowest BCUT2D eigenvalue weighted by Crippen LogP contribution is -2.36. The molecule has 3 heteroatoms. The van der Waals surface area contributed by atoms with Gasteiger partial charge in [-0.25, -0.2) is 4.57 Å². The van der Waals surface area contributed by atoms with E-state index in [1.807, 2.05) is 19.3 Å². The normalized spacial score (nSPS) is 18.2. The third-order valence-corrected chi connectivity index (χ3v) is 3.65. The molecule has 1 aromatic heterocycles. The van der Waals surface area contributed by atoms with Crippen molar-refractivity contribution >= 4 is 5.91 Å². The van der Waals surface area contributed by atoms with Gasteiger partial charge in [-0.1, -0.05) is 25.7 Å². The summed E-state index contributed by atoms with van der Waals surface area (Å²) < 4.78 is 2.08. The monoisotopic (exact) mass is 247 g/mol. The van der Waals surface area contributed by atoms with Crippen LogP contribution in [-0.2, 0) is 13.5 Å². The van der Waals surface area contributed by atoms with Crippen LogP contribution in [-0.4, -0.2) is 12.5 Å². The summed E-state index contributed by atoms with van der Waals surface area (Å²) in [6, 6.07) is 4.02. The van der Waals surface area contributed by atoms with Gasteiger partial charge >= 0.3 is 0 Å². The lowest BCUT2D eigenvalue weighted by atomic mass is 10.1. The van der Waals surface area contributed by atoms with Crippen molar-refractivity contribution in [2.75, 3.05) is 6.54 Å². The Morgan fingerprint density at radius 3 is 2.56 bits per heavy atom. The molecule has 2 bridgehead atoms. The second-order valence-corrected chi connectivity index (χ2v) is 5.15. The molecule has 0 saturated carbocycles. The molecule has 1 aromatic rings. The Hall–Kier alpha value is -1.38. The maximum absolute atomic E-state index is 11.9. The van der Waals surface area contributed by atoms with Gasteiger partial charge in [0, 0.05) is 19.0 Å². The zero-order valence-corrected chi connectivity index (χ0v) is 11.2. The summed E-state index contributed by atoms with van der Waals surface area (Å²) >= 11 is 0. The van der Waals surface area contributed by atoms with Crippen molar-refractivity contribution in [1.29, 1.82) is 0 Å². The Kier molecular flexibility index (Phi) is 4.73. The molecule has 0 atom stereocenters. The van der Waals surface area contributed by atoms with Crippen molar-refractivity contribution in [3.63, 3.8) is 0 Å². The fourth-order valence-electron chi connectivity index (χ4n) is 2.47. The number of hydrogen-bond donors (Lipinski definition) is 1. The molecule has 18 heavy (non-hydrogen) atoms. The summed E-state index contributed by atoms with van der Waals surface area (Å²) in [4.78, 5) is 11.9. The first-order chi connectivity index (χ1) is 8.77. The topological polar surface area (TPSA) is 33.0 Å². The standard InChI is InChI=1S/C15H22N2O/c1-17-12-13-9-10-14(17)8-6-4-2-3-5-7-11-16-15(13)18/h9-10,12H,2-8,11H2,1H3/p+1. The molecule has 0 saturated heterocycles. The molecule has 0 aliphatic carbocycles. The molecule has 1 amide bonds. The van der Waals surface area contributed by atoms with E-state index in [-0.39, 0.29) is 5.91 Å². The number of aryl methyl sites for hydroxylation is 2. The molecule has 0 fully saturated rings. The molecule has 3 heterocycles. The predicted octanol–water partition coefficient (Wildman–Crippen LogP) is 2.14. The van der Waals surface area contributed by atoms with Gasteiger partial charge in [-0.2, -0.15) is 0 Å². The van der Waals surface area contributed by atoms with Gasteiger partial charge in [0.05, 0.1) is 0 Å². The Morgan fingerprint density at radius 2 is 1.78 bits per heavy atom. The minimum absolute atomic E-state index is 0.0502. The van der Waals surface area contributed by atoms with Gasteiger partial charge in [0.15, 0.2) is 11.9 Å². The highest BCUT2D eigenvalue weighted by atomic mass is 16.1. The van der Waals surface area contributed by atoms with Gasteiger partial charge in [0.25, 0.3) is 5.91 Å². The Balaban J connectivity index is 2.12. The highest BCUT2D eigenvalue weighted by Gasteiger charge is 2.13. The van der Waals surface area contributed by atoms with E-state index in [1.54, 1.807) is 0 Å². The number of nitrogens with zero attached hydrogens (tertiary/aromatic N) is 1. The van der Waals surface area contributed by atoms with Gasteiger partial charge in [0.1, 0.15) is 12.6 Å². The van der Waals surface area contributed by atoms with E-state index < -0.39 is 0 Å². The van der Waals surface area contributed by atoms with Crippen LogP contribution in [0.5, 0.6) is 0 Å². The van der Waals surface area contributed by atoms with E-state index in [1.165, 1.54) is 37.8 Å². The zero-order valence-electron chi connectivity index (χ0n) is 11.2. The van der Waals surface area contributed by atoms with Crippen LogP contribution in [0, 0.1) is 0 Å². The average Bonchev–Trinajstić information content (AvgIpc) is 2.37. The predicted molar refractivity (Wildman–Crippen MR) is 71.4 cm³/mol. The number of fused-ring (bicyclic) bond motifs is 11. The third kappa shape index (κ3) is 3.56. The van der Waals surface area contributed by atoms with Gasteiger partial charge < -0.3 is 5.32 Å². The summed E-state index contributed by atoms with van der Waals surface area (Å²) in [6.07, 6.45) is 10.5. The first kappa shape index (κ1) is 13.1. The Morgan fingerprint density at radius 1 is 1.06 bits per heavy atom. The summed E-state index contributed by atoms with van der Waals surface area (Å²) in [5.74, 6) is 0.0502. The smallest absolute Gasteiger partial charge is 0.257 e. The van der Waals surface area contributed by atoms with Gasteiger partial charge in [0.2, 0.25) is 0 Å². The van der Waals surface area contributed by atoms with Crippen LogP contribution in [0.2, 0.25) is 0 Å². The van der Waals surface area contributed by atoms with Crippen molar-refractivity contribution in [3.05, 3.63) is 29.6 Å². The number of rotatable bonds is 0. The van der Waals surface area contributed by atoms with Gasteiger partial charge in [-0.05, 0) is 18.9 Å². The van der Waals surface area contributed by atoms with E-state index in [9.17, 15) is 4.79 Å². The third-order valence-electron chi connectivity index (χ3n) is 3.65. The maximum Gasteiger partial charge on any atom is 0.257 e. The lowest BCUT2D eigenvalue weighted by Gasteiger charge is -2.07. The maximum atomic E-state index is 11.9. The van der Waals surface area contributed by atoms with Gasteiger partial charge in [-0.3, -0.25) is 4.79 Å². The molecule has 2 aliphatic rings. The number of aromatic nitrogens is 1. The molecule has 1 N–H and O–H groups in total. The minimum atomic E-state index is 0.0502. The van der Waals surface area contributed by atoms with E-state index >= 15 is 0 Å². The van der Waals surface area contributed by atoms with Crippen LogP contribution in [0.3, 0.4) is 0 Å². The first-order valence-electron chi connectivity index (χ1n) is 7.04. The number of nitrogens with one attached hydrogen (secondary N) is 1. The molecular formula is C15H23N2O+. The Labute approximate surface area is 109 Å². The molecule has 3 nitrogen and oxygen atoms in total. The number of hydrogen-bond acceptors (Lipinski definition) is 1. The van der Waals surface area contributed by atoms with Crippen molar-refractivity contribution < 1.29 is 9.36 Å². The van der Waals surface area contributed by atoms with Gasteiger partial charge in [-0.15, -0.1) is 0 Å². The lowest BCUT2D eigenvalue weighted by molar-refractivity contribution is -0.679. The van der Waals surface area contributed by atoms with Crippen LogP contribution < -0.4 is 9.88 Å². The fourth-order valence-corrected chi connectivity index (χ4v) is 2.47. The molecule has 0 radical (unpaired) electrons. The van der Waals surface area contributed by atoms with E-state index in [2.05, 4.69) is 16.0 Å². The average molecular weight is 247 g/mol. The summed E-state index contributed by atoms with van der Waals surface area (Å²) in [6.45, 7) is 0.796. The molecule has 0 aromatic carbocycles. The van der Waals surface area contributed by atoms with E-state index in [0.717, 1.165) is 24.9 Å². The fraction of sp³-hybridized carbons (Fsp3) is 0.600. The second-order valence-electron chi connectivity index (χ2n) is 5.15. The zero-order chi connectivity index (χ0) is 12.8. The van der Waals surface area contributed by atoms with Crippen LogP contribution in [0.15, 0.2) is 18.3 Å². The molecule has 98 valence electrons. The quantitative estimate of drug-likeness (QED) is 0.700. The second kappa shape index (κ2) is 6.53. The first-order valence-corrected chi connectivity index (χ1v) is 7.04. The highest BCUT2D eigenvalue weighted by molar-refractivity contribution is 5.93. The van der Waals surface area contributed by atoms with Crippen molar-refractivity contribution in [2.45, 2.75) is 44.9 Å². The minimum Gasteiger partial charge on any atom is -0.352 e. The largest absolute Gasteiger partial charge is 0.352 e. The summed E-state index contributed by atoms with van der Waals surface area (Å²) in [5.41, 5.74) is 2.07. The van der Waals surface area contributed by atoms with Crippen LogP contribution in [0.4, 0.5) is 0 Å². The number of pyridine rings is 1. The van der Waals surface area contributed by atoms with Crippen LogP contribution in [0.25, 0.3) is 0 Å². The van der Waals surface area contributed by atoms with E-state index in [4.69, 9.17) is 0 Å². The van der Waals surface area contributed by atoms with E-state index in [0.29, 0.717) is 0 Å². The van der Waals surface area contributed by atoms with Crippen LogP contribution >= 0.6 is 0 Å². The molecule has 0 unspecified atom stereocenters. The SMILES string of the molecule is C[n+]1cc2ccc1CCCCCCCCNC2=O.